The predicted octanol–water partition coefficient (Wildman–Crippen LogP) is 8.24. The number of allylic oxidation sites excluding steroid dienone is 2. The summed E-state index contributed by atoms with van der Waals surface area (Å²) in [7, 11) is 0. The SMILES string of the molecule is CCC(C)(C)C(=O)/C=C(\O)C(C)(C)CC.[Ir].[c-]1cccnc1Oc1nccc2c1ccc1ccccc12. The van der Waals surface area contributed by atoms with Gasteiger partial charge in [-0.3, -0.25) is 9.78 Å². The molecular weight excluding hydrogens is 641 g/mol. The van der Waals surface area contributed by atoms with Crippen molar-refractivity contribution in [1.29, 1.82) is 0 Å². The van der Waals surface area contributed by atoms with Crippen LogP contribution in [0.4, 0.5) is 0 Å². The smallest absolute Gasteiger partial charge is 0.227 e. The summed E-state index contributed by atoms with van der Waals surface area (Å²) < 4.78 is 5.76. The molecule has 6 heteroatoms. The normalized spacial score (nSPS) is 11.9. The van der Waals surface area contributed by atoms with Crippen LogP contribution in [0.1, 0.15) is 54.4 Å². The minimum absolute atomic E-state index is 0. The molecule has 2 heterocycles. The number of hydrogen-bond donors (Lipinski definition) is 1. The molecule has 2 aromatic carbocycles. The van der Waals surface area contributed by atoms with Crippen molar-refractivity contribution in [1.82, 2.24) is 9.97 Å². The van der Waals surface area contributed by atoms with Gasteiger partial charge in [0.25, 0.3) is 0 Å². The molecule has 0 bridgehead atoms. The summed E-state index contributed by atoms with van der Waals surface area (Å²) in [4.78, 5) is 20.3. The van der Waals surface area contributed by atoms with Gasteiger partial charge in [-0.2, -0.15) is 12.1 Å². The van der Waals surface area contributed by atoms with Crippen LogP contribution in [0.5, 0.6) is 11.8 Å². The van der Waals surface area contributed by atoms with Crippen molar-refractivity contribution < 1.29 is 34.7 Å². The maximum absolute atomic E-state index is 11.8. The molecular formula is C31H35IrN2O3-. The molecule has 0 saturated carbocycles. The monoisotopic (exact) mass is 676 g/mol. The third-order valence-corrected chi connectivity index (χ3v) is 6.80. The molecule has 1 N–H and O–H groups in total. The molecule has 0 aliphatic rings. The number of rotatable bonds is 7. The Kier molecular flexibility index (Phi) is 10.5. The van der Waals surface area contributed by atoms with Crippen LogP contribution in [0, 0.1) is 16.9 Å². The third kappa shape index (κ3) is 7.47. The van der Waals surface area contributed by atoms with E-state index in [0.29, 0.717) is 11.8 Å². The zero-order valence-corrected chi connectivity index (χ0v) is 24.7. The molecule has 5 nitrogen and oxygen atoms in total. The molecule has 0 spiro atoms. The largest absolute Gasteiger partial charge is 0.512 e. The van der Waals surface area contributed by atoms with Crippen molar-refractivity contribution >= 4 is 27.3 Å². The first-order chi connectivity index (χ1) is 17.1. The number of aliphatic hydroxyl groups excluding tert-OH is 1. The van der Waals surface area contributed by atoms with E-state index in [2.05, 4.69) is 34.2 Å². The molecule has 0 aliphatic heterocycles. The number of carbonyl (C=O) groups is 1. The van der Waals surface area contributed by atoms with Gasteiger partial charge in [0.2, 0.25) is 5.88 Å². The Morgan fingerprint density at radius 1 is 0.892 bits per heavy atom. The van der Waals surface area contributed by atoms with Crippen molar-refractivity contribution in [3.63, 3.8) is 0 Å². The molecule has 197 valence electrons. The van der Waals surface area contributed by atoms with Gasteiger partial charge in [-0.15, -0.1) is 0 Å². The quantitative estimate of drug-likeness (QED) is 0.0925. The first-order valence-electron chi connectivity index (χ1n) is 12.3. The van der Waals surface area contributed by atoms with Gasteiger partial charge >= 0.3 is 0 Å². The number of hydrogen-bond acceptors (Lipinski definition) is 5. The second kappa shape index (κ2) is 12.9. The van der Waals surface area contributed by atoms with Crippen molar-refractivity contribution in [2.75, 3.05) is 0 Å². The Morgan fingerprint density at radius 3 is 2.24 bits per heavy atom. The molecule has 0 saturated heterocycles. The van der Waals surface area contributed by atoms with Crippen LogP contribution in [-0.2, 0) is 24.9 Å². The number of carbonyl (C=O) groups excluding carboxylic acids is 1. The van der Waals surface area contributed by atoms with Gasteiger partial charge in [-0.1, -0.05) is 78.1 Å². The molecule has 0 atom stereocenters. The fraction of sp³-hybridized carbons (Fsp3) is 0.323. The van der Waals surface area contributed by atoms with Crippen LogP contribution in [0.25, 0.3) is 21.5 Å². The van der Waals surface area contributed by atoms with Crippen molar-refractivity contribution in [3.05, 3.63) is 84.9 Å². The van der Waals surface area contributed by atoms with Crippen molar-refractivity contribution in [2.45, 2.75) is 54.4 Å². The summed E-state index contributed by atoms with van der Waals surface area (Å²) in [6.45, 7) is 11.7. The molecule has 4 aromatic rings. The zero-order chi connectivity index (χ0) is 26.3. The van der Waals surface area contributed by atoms with E-state index in [-0.39, 0.29) is 42.5 Å². The number of fused-ring (bicyclic) bond motifs is 3. The Labute approximate surface area is 233 Å². The van der Waals surface area contributed by atoms with E-state index in [1.165, 1.54) is 16.8 Å². The molecule has 0 unspecified atom stereocenters. The molecule has 0 fully saturated rings. The van der Waals surface area contributed by atoms with E-state index in [0.717, 1.165) is 23.6 Å². The summed E-state index contributed by atoms with van der Waals surface area (Å²) in [5.41, 5.74) is -0.683. The topological polar surface area (TPSA) is 72.3 Å². The van der Waals surface area contributed by atoms with Crippen molar-refractivity contribution in [3.8, 4) is 11.8 Å². The van der Waals surface area contributed by atoms with Gasteiger partial charge in [0.05, 0.1) is 0 Å². The molecule has 4 rings (SSSR count). The first kappa shape index (κ1) is 30.1. The average Bonchev–Trinajstić information content (AvgIpc) is 2.89. The van der Waals surface area contributed by atoms with Gasteiger partial charge < -0.3 is 9.84 Å². The molecule has 1 radical (unpaired) electrons. The molecule has 37 heavy (non-hydrogen) atoms. The molecule has 2 aromatic heterocycles. The number of benzene rings is 2. The van der Waals surface area contributed by atoms with Crippen LogP contribution < -0.4 is 4.74 Å². The van der Waals surface area contributed by atoms with Gasteiger partial charge in [0, 0.05) is 48.6 Å². The van der Waals surface area contributed by atoms with Gasteiger partial charge in [0.1, 0.15) is 11.6 Å². The zero-order valence-electron chi connectivity index (χ0n) is 22.3. The van der Waals surface area contributed by atoms with Crippen LogP contribution in [-0.4, -0.2) is 20.9 Å². The second-order valence-corrected chi connectivity index (χ2v) is 10.1. The first-order valence-corrected chi connectivity index (χ1v) is 12.3. The maximum atomic E-state index is 11.8. The van der Waals surface area contributed by atoms with E-state index < -0.39 is 0 Å². The number of aromatic nitrogens is 2. The maximum Gasteiger partial charge on any atom is 0.227 e. The van der Waals surface area contributed by atoms with Crippen LogP contribution in [0.15, 0.2) is 78.8 Å². The fourth-order valence-electron chi connectivity index (χ4n) is 3.32. The minimum atomic E-state index is -0.377. The fourth-order valence-corrected chi connectivity index (χ4v) is 3.32. The van der Waals surface area contributed by atoms with E-state index in [9.17, 15) is 9.90 Å². The Hall–Kier alpha value is -3.08. The standard InChI is InChI=1S/C18H11N2O.C13H24O2.Ir/c1-2-6-14-13(5-1)8-9-16-15(14)10-12-20-18(16)21-17-7-3-4-11-19-17;1-7-12(3,4)10(14)9-11(15)13(5,6)8-2;/h1-6,8-12H;9,14H,7-8H2,1-6H3;/q-1;;/b;10-9-;. The van der Waals surface area contributed by atoms with Gasteiger partial charge in [-0.05, 0) is 41.1 Å². The third-order valence-electron chi connectivity index (χ3n) is 6.80. The van der Waals surface area contributed by atoms with Gasteiger partial charge in [-0.25, -0.2) is 11.1 Å². The number of aliphatic hydroxyl groups is 1. The summed E-state index contributed by atoms with van der Waals surface area (Å²) in [5.74, 6) is 1.17. The van der Waals surface area contributed by atoms with Crippen molar-refractivity contribution in [2.24, 2.45) is 10.8 Å². The summed E-state index contributed by atoms with van der Waals surface area (Å²) in [6, 6.07) is 20.9. The second-order valence-electron chi connectivity index (χ2n) is 10.1. The minimum Gasteiger partial charge on any atom is -0.512 e. The average molecular weight is 676 g/mol. The predicted molar refractivity (Wildman–Crippen MR) is 146 cm³/mol. The van der Waals surface area contributed by atoms with Gasteiger partial charge in [0.15, 0.2) is 5.78 Å². The van der Waals surface area contributed by atoms with Crippen LogP contribution in [0.2, 0.25) is 0 Å². The summed E-state index contributed by atoms with van der Waals surface area (Å²) in [6.07, 6.45) is 6.42. The van der Waals surface area contributed by atoms with E-state index >= 15 is 0 Å². The van der Waals surface area contributed by atoms with E-state index in [4.69, 9.17) is 4.74 Å². The Balaban J connectivity index is 0.000000271. The number of nitrogens with zero attached hydrogens (tertiary/aromatic N) is 2. The van der Waals surface area contributed by atoms with E-state index in [1.807, 2.05) is 65.8 Å². The number of ketones is 1. The number of ether oxygens (including phenoxy) is 1. The Bertz CT molecular complexity index is 1370. The van der Waals surface area contributed by atoms with Crippen LogP contribution >= 0.6 is 0 Å². The summed E-state index contributed by atoms with van der Waals surface area (Å²) in [5, 5.41) is 14.3. The Morgan fingerprint density at radius 2 is 1.59 bits per heavy atom. The molecule has 0 amide bonds. The molecule has 0 aliphatic carbocycles. The number of pyridine rings is 2. The summed E-state index contributed by atoms with van der Waals surface area (Å²) >= 11 is 0. The van der Waals surface area contributed by atoms with Crippen LogP contribution in [0.3, 0.4) is 0 Å². The van der Waals surface area contributed by atoms with E-state index in [1.54, 1.807) is 24.5 Å².